The summed E-state index contributed by atoms with van der Waals surface area (Å²) in [5.41, 5.74) is -2.31. The van der Waals surface area contributed by atoms with Gasteiger partial charge in [-0.3, -0.25) is 19.7 Å². The van der Waals surface area contributed by atoms with E-state index in [1.165, 1.54) is 25.1 Å². The molecule has 0 aliphatic carbocycles. The van der Waals surface area contributed by atoms with Crippen LogP contribution in [-0.4, -0.2) is 34.7 Å². The first kappa shape index (κ1) is 22.2. The number of nitro groups is 1. The van der Waals surface area contributed by atoms with Gasteiger partial charge < -0.3 is 10.2 Å². The van der Waals surface area contributed by atoms with Gasteiger partial charge in [-0.25, -0.2) is 0 Å². The topological polar surface area (TPSA) is 92.6 Å². The highest BCUT2D eigenvalue weighted by atomic mass is 35.5. The standard InChI is InChI=1S/C18H15ClF3N3O4/c1-2-24(17(27)12-8-7-11(19)9-15(12)25(28)29)10-16(26)23-14-6-4-3-5-13(14)18(20,21)22/h3-9H,2,10H2,1H3,(H,23,26). The Balaban J connectivity index is 2.22. The van der Waals surface area contributed by atoms with Gasteiger partial charge in [0.05, 0.1) is 16.2 Å². The summed E-state index contributed by atoms with van der Waals surface area (Å²) < 4.78 is 39.1. The summed E-state index contributed by atoms with van der Waals surface area (Å²) >= 11 is 5.72. The molecule has 2 aromatic rings. The highest BCUT2D eigenvalue weighted by molar-refractivity contribution is 6.31. The Morgan fingerprint density at radius 2 is 1.86 bits per heavy atom. The van der Waals surface area contributed by atoms with Gasteiger partial charge in [0.1, 0.15) is 12.1 Å². The number of rotatable bonds is 6. The second-order valence-corrected chi connectivity index (χ2v) is 6.27. The number of nitrogens with zero attached hydrogens (tertiary/aromatic N) is 2. The van der Waals surface area contributed by atoms with E-state index in [9.17, 15) is 32.9 Å². The van der Waals surface area contributed by atoms with Crippen LogP contribution in [0.5, 0.6) is 0 Å². The van der Waals surface area contributed by atoms with E-state index >= 15 is 0 Å². The third-order valence-corrected chi connectivity index (χ3v) is 4.13. The number of nitrogens with one attached hydrogen (secondary N) is 1. The van der Waals surface area contributed by atoms with Crippen LogP contribution in [0.3, 0.4) is 0 Å². The number of hydrogen-bond acceptors (Lipinski definition) is 4. The summed E-state index contributed by atoms with van der Waals surface area (Å²) in [7, 11) is 0. The fourth-order valence-electron chi connectivity index (χ4n) is 2.54. The van der Waals surface area contributed by atoms with E-state index in [2.05, 4.69) is 5.32 Å². The molecule has 11 heteroatoms. The number of benzene rings is 2. The first-order valence-electron chi connectivity index (χ1n) is 8.24. The molecular formula is C18H15ClF3N3O4. The maximum atomic E-state index is 13.0. The van der Waals surface area contributed by atoms with Gasteiger partial charge in [-0.2, -0.15) is 13.2 Å². The van der Waals surface area contributed by atoms with Crippen LogP contribution in [0, 0.1) is 10.1 Å². The van der Waals surface area contributed by atoms with Crippen molar-refractivity contribution < 1.29 is 27.7 Å². The molecule has 0 bridgehead atoms. The van der Waals surface area contributed by atoms with E-state index in [0.29, 0.717) is 0 Å². The lowest BCUT2D eigenvalue weighted by Gasteiger charge is -2.21. The summed E-state index contributed by atoms with van der Waals surface area (Å²) in [6.45, 7) is 0.921. The van der Waals surface area contributed by atoms with Crippen molar-refractivity contribution in [2.45, 2.75) is 13.1 Å². The van der Waals surface area contributed by atoms with Gasteiger partial charge >= 0.3 is 6.18 Å². The zero-order valence-corrected chi connectivity index (χ0v) is 15.8. The number of para-hydroxylation sites is 1. The smallest absolute Gasteiger partial charge is 0.329 e. The summed E-state index contributed by atoms with van der Waals surface area (Å²) in [5.74, 6) is -1.70. The molecule has 0 fully saturated rings. The predicted octanol–water partition coefficient (Wildman–Crippen LogP) is 4.37. The van der Waals surface area contributed by atoms with Crippen molar-refractivity contribution in [2.75, 3.05) is 18.4 Å². The summed E-state index contributed by atoms with van der Waals surface area (Å²) in [5, 5.41) is 13.4. The van der Waals surface area contributed by atoms with Crippen molar-refractivity contribution in [3.63, 3.8) is 0 Å². The van der Waals surface area contributed by atoms with E-state index in [1.807, 2.05) is 0 Å². The van der Waals surface area contributed by atoms with Crippen LogP contribution >= 0.6 is 11.6 Å². The van der Waals surface area contributed by atoms with E-state index in [-0.39, 0.29) is 17.1 Å². The molecule has 1 N–H and O–H groups in total. The van der Waals surface area contributed by atoms with Crippen molar-refractivity contribution in [3.05, 3.63) is 68.7 Å². The normalized spacial score (nSPS) is 11.1. The van der Waals surface area contributed by atoms with Crippen LogP contribution in [0.4, 0.5) is 24.5 Å². The van der Waals surface area contributed by atoms with Gasteiger partial charge in [0.2, 0.25) is 5.91 Å². The zero-order valence-electron chi connectivity index (χ0n) is 15.0. The third kappa shape index (κ3) is 5.44. The van der Waals surface area contributed by atoms with Crippen LogP contribution < -0.4 is 5.32 Å². The molecule has 29 heavy (non-hydrogen) atoms. The molecule has 0 aliphatic heterocycles. The SMILES string of the molecule is CCN(CC(=O)Nc1ccccc1C(F)(F)F)C(=O)c1ccc(Cl)cc1[N+](=O)[O-]. The Labute approximate surface area is 168 Å². The van der Waals surface area contributed by atoms with Gasteiger partial charge in [0, 0.05) is 17.6 Å². The van der Waals surface area contributed by atoms with Gasteiger partial charge in [0.25, 0.3) is 11.6 Å². The number of carbonyl (C=O) groups excluding carboxylic acids is 2. The van der Waals surface area contributed by atoms with Crippen LogP contribution in [0.15, 0.2) is 42.5 Å². The lowest BCUT2D eigenvalue weighted by atomic mass is 10.1. The van der Waals surface area contributed by atoms with Gasteiger partial charge in [0.15, 0.2) is 0 Å². The molecular weight excluding hydrogens is 415 g/mol. The maximum absolute atomic E-state index is 13.0. The number of nitro benzene ring substituents is 1. The molecule has 0 saturated heterocycles. The van der Waals surface area contributed by atoms with Gasteiger partial charge in [-0.15, -0.1) is 0 Å². The number of anilines is 1. The minimum Gasteiger partial charge on any atom is -0.329 e. The van der Waals surface area contributed by atoms with Crippen molar-refractivity contribution in [1.82, 2.24) is 4.90 Å². The van der Waals surface area contributed by atoms with Crippen LogP contribution in [0.25, 0.3) is 0 Å². The summed E-state index contributed by atoms with van der Waals surface area (Å²) in [6.07, 6.45) is -4.67. The molecule has 0 atom stereocenters. The van der Waals surface area contributed by atoms with E-state index in [4.69, 9.17) is 11.6 Å². The Morgan fingerprint density at radius 1 is 1.21 bits per heavy atom. The number of hydrogen-bond donors (Lipinski definition) is 1. The average molecular weight is 430 g/mol. The Bertz CT molecular complexity index is 950. The van der Waals surface area contributed by atoms with E-state index in [0.717, 1.165) is 29.2 Å². The predicted molar refractivity (Wildman–Crippen MR) is 99.8 cm³/mol. The molecule has 0 unspecified atom stereocenters. The highest BCUT2D eigenvalue weighted by Gasteiger charge is 2.34. The number of alkyl halides is 3. The molecule has 0 radical (unpaired) electrons. The van der Waals surface area contributed by atoms with E-state index in [1.54, 1.807) is 0 Å². The number of amides is 2. The van der Waals surface area contributed by atoms with Crippen molar-refractivity contribution >= 4 is 34.8 Å². The lowest BCUT2D eigenvalue weighted by Crippen LogP contribution is -2.38. The fourth-order valence-corrected chi connectivity index (χ4v) is 2.70. The molecule has 2 aromatic carbocycles. The first-order valence-corrected chi connectivity index (χ1v) is 8.61. The molecule has 0 heterocycles. The monoisotopic (exact) mass is 429 g/mol. The molecule has 2 rings (SSSR count). The highest BCUT2D eigenvalue weighted by Crippen LogP contribution is 2.34. The Kier molecular flexibility index (Phi) is 6.80. The number of carbonyl (C=O) groups is 2. The first-order chi connectivity index (χ1) is 13.5. The molecule has 7 nitrogen and oxygen atoms in total. The molecule has 154 valence electrons. The zero-order chi connectivity index (χ0) is 21.8. The minimum atomic E-state index is -4.67. The number of likely N-dealkylation sites (N-methyl/N-ethyl adjacent to an activating group) is 1. The van der Waals surface area contributed by atoms with Crippen LogP contribution in [-0.2, 0) is 11.0 Å². The largest absolute Gasteiger partial charge is 0.418 e. The number of halogens is 4. The van der Waals surface area contributed by atoms with Gasteiger partial charge in [-0.1, -0.05) is 23.7 Å². The van der Waals surface area contributed by atoms with Crippen LogP contribution in [0.1, 0.15) is 22.8 Å². The van der Waals surface area contributed by atoms with E-state index < -0.39 is 46.4 Å². The quantitative estimate of drug-likeness (QED) is 0.545. The lowest BCUT2D eigenvalue weighted by molar-refractivity contribution is -0.385. The minimum absolute atomic E-state index is 0.00699. The summed E-state index contributed by atoms with van der Waals surface area (Å²) in [4.78, 5) is 36.3. The Hall–Kier alpha value is -3.14. The van der Waals surface area contributed by atoms with Gasteiger partial charge in [-0.05, 0) is 31.2 Å². The molecule has 0 aromatic heterocycles. The second kappa shape index (κ2) is 8.91. The maximum Gasteiger partial charge on any atom is 0.418 e. The van der Waals surface area contributed by atoms with Crippen molar-refractivity contribution in [1.29, 1.82) is 0 Å². The molecule has 0 aliphatic rings. The third-order valence-electron chi connectivity index (χ3n) is 3.90. The summed E-state index contributed by atoms with van der Waals surface area (Å²) in [6, 6.07) is 7.85. The fraction of sp³-hybridized carbons (Fsp3) is 0.222. The molecule has 0 saturated carbocycles. The second-order valence-electron chi connectivity index (χ2n) is 5.83. The molecule has 0 spiro atoms. The van der Waals surface area contributed by atoms with Crippen molar-refractivity contribution in [3.8, 4) is 0 Å². The Morgan fingerprint density at radius 3 is 2.45 bits per heavy atom. The average Bonchev–Trinajstić information content (AvgIpc) is 2.65. The molecule has 2 amide bonds. The van der Waals surface area contributed by atoms with Crippen molar-refractivity contribution in [2.24, 2.45) is 0 Å². The van der Waals surface area contributed by atoms with Crippen LogP contribution in [0.2, 0.25) is 5.02 Å².